The Bertz CT molecular complexity index is 1090. The van der Waals surface area contributed by atoms with Crippen LogP contribution in [0.25, 0.3) is 11.1 Å². The van der Waals surface area contributed by atoms with Crippen LogP contribution < -0.4 is 4.90 Å². The van der Waals surface area contributed by atoms with Crippen LogP contribution in [0.1, 0.15) is 29.8 Å². The van der Waals surface area contributed by atoms with Gasteiger partial charge in [-0.3, -0.25) is 4.98 Å². The highest BCUT2D eigenvalue weighted by Gasteiger charge is 2.35. The number of nitriles is 1. The summed E-state index contributed by atoms with van der Waals surface area (Å²) in [5.74, 6) is 0. The number of hydrogen-bond donors (Lipinski definition) is 0. The van der Waals surface area contributed by atoms with Gasteiger partial charge in [-0.1, -0.05) is 0 Å². The second-order valence-corrected chi connectivity index (χ2v) is 8.27. The lowest BCUT2D eigenvalue weighted by molar-refractivity contribution is -0.0132. The first-order valence-corrected chi connectivity index (χ1v) is 10.5. The number of alkyl halides is 1. The SMILES string of the molecule is Cn1cnc(C2=C(C#N)c3c(N4CCN(C(=O)OC5CC(F)C5)CC4)ccnc3C2)c1. The summed E-state index contributed by atoms with van der Waals surface area (Å²) in [7, 11) is 1.90. The number of aryl methyl sites for hydroxylation is 1. The molecular weight excluding hydrogens is 399 g/mol. The highest BCUT2D eigenvalue weighted by Crippen LogP contribution is 2.41. The first kappa shape index (κ1) is 19.5. The van der Waals surface area contributed by atoms with Crippen LogP contribution in [0.5, 0.6) is 0 Å². The van der Waals surface area contributed by atoms with E-state index in [1.54, 1.807) is 17.4 Å². The van der Waals surface area contributed by atoms with Gasteiger partial charge in [0.1, 0.15) is 18.3 Å². The maximum absolute atomic E-state index is 13.0. The first-order chi connectivity index (χ1) is 15.0. The van der Waals surface area contributed by atoms with Crippen molar-refractivity contribution in [3.63, 3.8) is 0 Å². The Morgan fingerprint density at radius 3 is 2.68 bits per heavy atom. The number of carbonyl (C=O) groups is 1. The van der Waals surface area contributed by atoms with Crippen molar-refractivity contribution in [3.8, 4) is 6.07 Å². The van der Waals surface area contributed by atoms with Crippen LogP contribution in [-0.2, 0) is 18.2 Å². The highest BCUT2D eigenvalue weighted by atomic mass is 19.1. The van der Waals surface area contributed by atoms with E-state index in [1.165, 1.54) is 0 Å². The number of allylic oxidation sites excluding steroid dienone is 2. The van der Waals surface area contributed by atoms with E-state index in [9.17, 15) is 14.4 Å². The summed E-state index contributed by atoms with van der Waals surface area (Å²) in [4.78, 5) is 25.1. The number of rotatable bonds is 3. The van der Waals surface area contributed by atoms with Gasteiger partial charge in [-0.25, -0.2) is 14.2 Å². The molecule has 1 amide bonds. The van der Waals surface area contributed by atoms with Gasteiger partial charge >= 0.3 is 6.09 Å². The van der Waals surface area contributed by atoms with Gasteiger partial charge in [0.25, 0.3) is 0 Å². The molecule has 160 valence electrons. The van der Waals surface area contributed by atoms with Crippen LogP contribution in [0.3, 0.4) is 0 Å². The van der Waals surface area contributed by atoms with Crippen molar-refractivity contribution in [2.24, 2.45) is 7.05 Å². The summed E-state index contributed by atoms with van der Waals surface area (Å²) in [5, 5.41) is 9.94. The van der Waals surface area contributed by atoms with Crippen LogP contribution in [-0.4, -0.2) is 64.0 Å². The molecule has 0 unspecified atom stereocenters. The van der Waals surface area contributed by atoms with Gasteiger partial charge < -0.3 is 19.1 Å². The van der Waals surface area contributed by atoms with Crippen molar-refractivity contribution in [1.82, 2.24) is 19.4 Å². The number of carbonyl (C=O) groups excluding carboxylic acids is 1. The fourth-order valence-corrected chi connectivity index (χ4v) is 4.43. The number of halogens is 1. The van der Waals surface area contributed by atoms with Gasteiger partial charge in [-0.05, 0) is 6.07 Å². The minimum Gasteiger partial charge on any atom is -0.446 e. The third kappa shape index (κ3) is 3.52. The number of nitrogens with zero attached hydrogens (tertiary/aromatic N) is 6. The number of anilines is 1. The van der Waals surface area contributed by atoms with Crippen molar-refractivity contribution in [2.45, 2.75) is 31.5 Å². The number of pyridine rings is 1. The molecule has 0 atom stereocenters. The second kappa shape index (κ2) is 7.69. The Kier molecular flexibility index (Phi) is 4.85. The molecule has 1 saturated carbocycles. The zero-order chi connectivity index (χ0) is 21.5. The molecule has 0 aromatic carbocycles. The molecule has 3 aliphatic rings. The molecule has 0 N–H and O–H groups in total. The van der Waals surface area contributed by atoms with Gasteiger partial charge in [0.05, 0.1) is 23.3 Å². The summed E-state index contributed by atoms with van der Waals surface area (Å²) >= 11 is 0. The minimum atomic E-state index is -0.846. The molecular formula is C22H23FN6O2. The Labute approximate surface area is 179 Å². The summed E-state index contributed by atoms with van der Waals surface area (Å²) in [6, 6.07) is 4.30. The smallest absolute Gasteiger partial charge is 0.410 e. The maximum atomic E-state index is 13.0. The molecule has 2 aromatic heterocycles. The van der Waals surface area contributed by atoms with Crippen molar-refractivity contribution < 1.29 is 13.9 Å². The number of aromatic nitrogens is 3. The number of ether oxygens (including phenoxy) is 1. The number of hydrogen-bond acceptors (Lipinski definition) is 6. The van der Waals surface area contributed by atoms with Crippen LogP contribution in [0, 0.1) is 11.3 Å². The van der Waals surface area contributed by atoms with E-state index in [0.29, 0.717) is 51.0 Å². The van der Waals surface area contributed by atoms with Gasteiger partial charge in [-0.2, -0.15) is 5.26 Å². The monoisotopic (exact) mass is 422 g/mol. The van der Waals surface area contributed by atoms with E-state index in [2.05, 4.69) is 20.9 Å². The Morgan fingerprint density at radius 1 is 1.26 bits per heavy atom. The first-order valence-electron chi connectivity index (χ1n) is 10.5. The molecule has 9 heteroatoms. The average molecular weight is 422 g/mol. The van der Waals surface area contributed by atoms with Crippen molar-refractivity contribution >= 4 is 22.9 Å². The van der Waals surface area contributed by atoms with E-state index in [1.807, 2.05) is 23.9 Å². The normalized spacial score (nSPS) is 22.7. The van der Waals surface area contributed by atoms with Gasteiger partial charge in [0.2, 0.25) is 0 Å². The molecule has 8 nitrogen and oxygen atoms in total. The van der Waals surface area contributed by atoms with Crippen molar-refractivity contribution in [3.05, 3.63) is 41.7 Å². The van der Waals surface area contributed by atoms with Crippen molar-refractivity contribution in [2.75, 3.05) is 31.1 Å². The number of amides is 1. The molecule has 3 heterocycles. The van der Waals surface area contributed by atoms with Crippen LogP contribution >= 0.6 is 0 Å². The lowest BCUT2D eigenvalue weighted by Gasteiger charge is -2.38. The number of fused-ring (bicyclic) bond motifs is 1. The minimum absolute atomic E-state index is 0.294. The van der Waals surface area contributed by atoms with Crippen LogP contribution in [0.2, 0.25) is 0 Å². The second-order valence-electron chi connectivity index (χ2n) is 8.27. The fourth-order valence-electron chi connectivity index (χ4n) is 4.43. The maximum Gasteiger partial charge on any atom is 0.410 e. The van der Waals surface area contributed by atoms with E-state index in [-0.39, 0.29) is 12.2 Å². The number of piperazine rings is 1. The number of imidazole rings is 1. The zero-order valence-electron chi connectivity index (χ0n) is 17.3. The average Bonchev–Trinajstić information content (AvgIpc) is 3.35. The molecule has 0 spiro atoms. The molecule has 1 aliphatic heterocycles. The van der Waals surface area contributed by atoms with E-state index in [0.717, 1.165) is 28.2 Å². The quantitative estimate of drug-likeness (QED) is 0.756. The van der Waals surface area contributed by atoms with Gasteiger partial charge in [0.15, 0.2) is 0 Å². The lowest BCUT2D eigenvalue weighted by Crippen LogP contribution is -2.50. The Hall–Kier alpha value is -3.41. The molecule has 5 rings (SSSR count). The molecule has 0 radical (unpaired) electrons. The Morgan fingerprint density at radius 2 is 2.03 bits per heavy atom. The van der Waals surface area contributed by atoms with Crippen LogP contribution in [0.4, 0.5) is 14.9 Å². The molecule has 1 saturated heterocycles. The highest BCUT2D eigenvalue weighted by molar-refractivity contribution is 6.04. The van der Waals surface area contributed by atoms with E-state index >= 15 is 0 Å². The van der Waals surface area contributed by atoms with Crippen molar-refractivity contribution in [1.29, 1.82) is 5.26 Å². The lowest BCUT2D eigenvalue weighted by atomic mass is 9.94. The van der Waals surface area contributed by atoms with Gasteiger partial charge in [-0.15, -0.1) is 0 Å². The van der Waals surface area contributed by atoms with E-state index < -0.39 is 6.17 Å². The predicted octanol–water partition coefficient (Wildman–Crippen LogP) is 2.56. The summed E-state index contributed by atoms with van der Waals surface area (Å²) in [5.41, 5.74) is 5.01. The fraction of sp³-hybridized carbons (Fsp3) is 0.455. The molecule has 2 aliphatic carbocycles. The summed E-state index contributed by atoms with van der Waals surface area (Å²) in [6.45, 7) is 2.28. The third-order valence-corrected chi connectivity index (χ3v) is 6.21. The van der Waals surface area contributed by atoms with E-state index in [4.69, 9.17) is 4.74 Å². The molecule has 2 aromatic rings. The van der Waals surface area contributed by atoms with Gasteiger partial charge in [0, 0.05) is 81.7 Å². The molecule has 0 bridgehead atoms. The largest absolute Gasteiger partial charge is 0.446 e. The molecule has 2 fully saturated rings. The summed E-state index contributed by atoms with van der Waals surface area (Å²) in [6.07, 6.45) is 5.08. The Balaban J connectivity index is 1.33. The topological polar surface area (TPSA) is 87.3 Å². The predicted molar refractivity (Wildman–Crippen MR) is 112 cm³/mol. The van der Waals surface area contributed by atoms with Crippen LogP contribution in [0.15, 0.2) is 24.8 Å². The third-order valence-electron chi connectivity index (χ3n) is 6.21. The molecule has 31 heavy (non-hydrogen) atoms. The summed E-state index contributed by atoms with van der Waals surface area (Å²) < 4.78 is 20.2. The zero-order valence-corrected chi connectivity index (χ0v) is 17.3. The standard InChI is InChI=1S/C22H23FN6O2/c1-27-12-19(26-13-27)16-10-18-21(17(16)11-24)20(2-3-25-18)28-4-6-29(7-5-28)22(30)31-15-8-14(23)9-15/h2-3,12-15H,4-10H2,1H3.